The van der Waals surface area contributed by atoms with E-state index < -0.39 is 28.3 Å². The zero-order valence-electron chi connectivity index (χ0n) is 19.9. The molecule has 198 valence electrons. The van der Waals surface area contributed by atoms with Gasteiger partial charge in [-0.2, -0.15) is 0 Å². The number of ketones is 1. The smallest absolute Gasteiger partial charge is 0.457 e. The number of thioether (sulfide) groups is 1. The zero-order valence-corrected chi connectivity index (χ0v) is 21.5. The normalized spacial score (nSPS) is 18.2. The van der Waals surface area contributed by atoms with E-state index in [1.165, 1.54) is 58.3 Å². The second-order valence-electron chi connectivity index (χ2n) is 8.25. The quantitative estimate of drug-likeness (QED) is 0.0995. The lowest BCUT2D eigenvalue weighted by Crippen LogP contribution is -2.62. The molecular weight excluding hydrogens is 536 g/mol. The number of esters is 1. The van der Waals surface area contributed by atoms with Gasteiger partial charge in [0.25, 0.3) is 5.69 Å². The number of nitro groups is 1. The van der Waals surface area contributed by atoms with Crippen molar-refractivity contribution in [2.24, 2.45) is 5.92 Å². The molecule has 0 aliphatic carbocycles. The van der Waals surface area contributed by atoms with Gasteiger partial charge in [-0.25, -0.2) is 9.59 Å². The molecule has 2 aromatic rings. The predicted octanol–water partition coefficient (Wildman–Crippen LogP) is 3.89. The Bertz CT molecular complexity index is 1290. The third-order valence-electron chi connectivity index (χ3n) is 5.70. The number of benzene rings is 1. The first-order valence-electron chi connectivity index (χ1n) is 11.4. The largest absolute Gasteiger partial charge is 0.514 e. The first-order chi connectivity index (χ1) is 18.3. The summed E-state index contributed by atoms with van der Waals surface area (Å²) >= 11 is 2.83. The molecule has 4 rings (SSSR count). The molecule has 1 fully saturated rings. The van der Waals surface area contributed by atoms with Gasteiger partial charge in [-0.05, 0) is 23.6 Å². The Balaban J connectivity index is 1.42. The van der Waals surface area contributed by atoms with E-state index in [1.807, 2.05) is 17.5 Å². The molecule has 0 saturated carbocycles. The number of ether oxygens (including phenoxy) is 3. The number of Topliss-reactive ketones (excluding diaryl/α,β-unsaturated/α-hetero) is 1. The van der Waals surface area contributed by atoms with Crippen molar-refractivity contribution in [2.75, 3.05) is 19.0 Å². The molecule has 0 unspecified atom stereocenters. The highest BCUT2D eigenvalue weighted by Crippen LogP contribution is 2.45. The molecule has 1 amide bonds. The van der Waals surface area contributed by atoms with Gasteiger partial charge < -0.3 is 14.2 Å². The van der Waals surface area contributed by atoms with E-state index in [1.54, 1.807) is 0 Å². The summed E-state index contributed by atoms with van der Waals surface area (Å²) in [5, 5.41) is 12.2. The molecule has 38 heavy (non-hydrogen) atoms. The van der Waals surface area contributed by atoms with Gasteiger partial charge in [-0.15, -0.1) is 23.1 Å². The fourth-order valence-corrected chi connectivity index (χ4v) is 6.08. The number of carbonyl (C=O) groups excluding carboxylic acids is 4. The third-order valence-corrected chi connectivity index (χ3v) is 7.97. The summed E-state index contributed by atoms with van der Waals surface area (Å²) < 4.78 is 15.4. The number of non-ortho nitro benzene ring substituents is 1. The maximum Gasteiger partial charge on any atom is 0.514 e. The molecule has 2 atom stereocenters. The van der Waals surface area contributed by atoms with Gasteiger partial charge in [-0.3, -0.25) is 24.6 Å². The summed E-state index contributed by atoms with van der Waals surface area (Å²) in [5.41, 5.74) is 0.154. The molecule has 2 aliphatic rings. The van der Waals surface area contributed by atoms with Gasteiger partial charge in [0.15, 0.2) is 0 Å². The summed E-state index contributed by atoms with van der Waals surface area (Å²) in [5.74, 6) is -1.48. The number of amides is 1. The molecule has 2 aliphatic heterocycles. The summed E-state index contributed by atoms with van der Waals surface area (Å²) in [6, 6.07) is 8.56. The van der Waals surface area contributed by atoms with E-state index >= 15 is 0 Å². The third kappa shape index (κ3) is 6.11. The highest BCUT2D eigenvalue weighted by molar-refractivity contribution is 8.00. The topological polar surface area (TPSA) is 142 Å². The Labute approximate surface area is 225 Å². The molecule has 0 radical (unpaired) electrons. The summed E-state index contributed by atoms with van der Waals surface area (Å²) in [4.78, 5) is 63.0. The summed E-state index contributed by atoms with van der Waals surface area (Å²) in [6.45, 7) is 3.08. The van der Waals surface area contributed by atoms with Crippen LogP contribution in [-0.2, 0) is 30.3 Å². The molecule has 1 aromatic carbocycles. The van der Waals surface area contributed by atoms with Crippen LogP contribution in [-0.4, -0.2) is 58.0 Å². The van der Waals surface area contributed by atoms with E-state index in [2.05, 4.69) is 6.58 Å². The molecule has 0 bridgehead atoms. The van der Waals surface area contributed by atoms with Crippen molar-refractivity contribution in [3.8, 4) is 5.75 Å². The van der Waals surface area contributed by atoms with Crippen LogP contribution >= 0.6 is 23.1 Å². The van der Waals surface area contributed by atoms with Crippen molar-refractivity contribution in [1.82, 2.24) is 4.90 Å². The number of carbonyl (C=O) groups is 4. The van der Waals surface area contributed by atoms with Crippen molar-refractivity contribution in [3.63, 3.8) is 0 Å². The van der Waals surface area contributed by atoms with Crippen LogP contribution in [0.2, 0.25) is 0 Å². The van der Waals surface area contributed by atoms with Gasteiger partial charge in [0.2, 0.25) is 5.91 Å². The van der Waals surface area contributed by atoms with E-state index in [-0.39, 0.29) is 60.6 Å². The van der Waals surface area contributed by atoms with Crippen molar-refractivity contribution in [3.05, 3.63) is 80.7 Å². The van der Waals surface area contributed by atoms with Crippen LogP contribution in [0.15, 0.2) is 65.7 Å². The van der Waals surface area contributed by atoms with E-state index in [9.17, 15) is 29.3 Å². The highest BCUT2D eigenvalue weighted by atomic mass is 32.2. The number of β-lactam (4-membered cyclic amide) rings is 1. The molecule has 0 N–H and O–H groups in total. The number of nitrogens with zero attached hydrogens (tertiary/aromatic N) is 2. The van der Waals surface area contributed by atoms with E-state index in [0.717, 1.165) is 4.88 Å². The lowest BCUT2D eigenvalue weighted by molar-refractivity contribution is -0.384. The molecule has 3 heterocycles. The lowest BCUT2D eigenvalue weighted by Gasteiger charge is -2.49. The van der Waals surface area contributed by atoms with E-state index in [0.29, 0.717) is 5.57 Å². The van der Waals surface area contributed by atoms with Crippen LogP contribution in [0.1, 0.15) is 11.3 Å². The van der Waals surface area contributed by atoms with Crippen LogP contribution in [0.3, 0.4) is 0 Å². The zero-order chi connectivity index (χ0) is 27.2. The minimum Gasteiger partial charge on any atom is -0.457 e. The standard InChI is InChI=1S/C25H22N2O9S2/c1-2-9-34-24(30)21-15(13-35-25(31)36-18-7-5-16(6-8-18)27(32)33)14-38-23-20(22(29)26(21)23)12-17(28)11-19-4-3-10-37-19/h2-8,10,20,23H,1,9,11-14H2/t20-,23-/m1/s1. The highest BCUT2D eigenvalue weighted by Gasteiger charge is 2.54. The fraction of sp³-hybridized carbons (Fsp3) is 0.280. The minimum atomic E-state index is -1.09. The molecule has 11 nitrogen and oxygen atoms in total. The Morgan fingerprint density at radius 1 is 1.18 bits per heavy atom. The van der Waals surface area contributed by atoms with Crippen molar-refractivity contribution in [1.29, 1.82) is 0 Å². The maximum absolute atomic E-state index is 13.0. The van der Waals surface area contributed by atoms with Crippen molar-refractivity contribution < 1.29 is 38.3 Å². The average molecular weight is 559 g/mol. The molecule has 1 aromatic heterocycles. The van der Waals surface area contributed by atoms with Crippen molar-refractivity contribution >= 4 is 52.6 Å². The number of hydrogen-bond donors (Lipinski definition) is 0. The fourth-order valence-electron chi connectivity index (χ4n) is 3.95. The molecular formula is C25H22N2O9S2. The SMILES string of the molecule is C=CCOC(=O)C1=C(COC(=O)Oc2ccc([N+](=O)[O-])cc2)CS[C@@H]2[C@H](CC(=O)Cc3cccs3)C(=O)N12. The Morgan fingerprint density at radius 2 is 1.95 bits per heavy atom. The van der Waals surface area contributed by atoms with Gasteiger partial charge in [0, 0.05) is 41.2 Å². The van der Waals surface area contributed by atoms with E-state index in [4.69, 9.17) is 14.2 Å². The number of fused-ring (bicyclic) bond motifs is 1. The number of thiophene rings is 1. The van der Waals surface area contributed by atoms with Gasteiger partial charge in [-0.1, -0.05) is 18.7 Å². The second kappa shape index (κ2) is 12.0. The molecule has 1 saturated heterocycles. The number of rotatable bonds is 11. The van der Waals surface area contributed by atoms with Crippen LogP contribution in [0.4, 0.5) is 10.5 Å². The summed E-state index contributed by atoms with van der Waals surface area (Å²) in [6.07, 6.45) is 0.603. The van der Waals surface area contributed by atoms with Gasteiger partial charge in [0.1, 0.15) is 30.4 Å². The minimum absolute atomic E-state index is 0.0225. The molecule has 13 heteroatoms. The van der Waals surface area contributed by atoms with Crippen LogP contribution < -0.4 is 4.74 Å². The Morgan fingerprint density at radius 3 is 2.61 bits per heavy atom. The first kappa shape index (κ1) is 27.1. The van der Waals surface area contributed by atoms with Crippen LogP contribution in [0.5, 0.6) is 5.75 Å². The number of nitro benzene ring substituents is 1. The second-order valence-corrected chi connectivity index (χ2v) is 10.4. The predicted molar refractivity (Wildman–Crippen MR) is 137 cm³/mol. The first-order valence-corrected chi connectivity index (χ1v) is 13.3. The van der Waals surface area contributed by atoms with Crippen LogP contribution in [0.25, 0.3) is 0 Å². The van der Waals surface area contributed by atoms with Crippen LogP contribution in [0, 0.1) is 16.0 Å². The Kier molecular flexibility index (Phi) is 8.59. The van der Waals surface area contributed by atoms with Crippen molar-refractivity contribution in [2.45, 2.75) is 18.2 Å². The van der Waals surface area contributed by atoms with Gasteiger partial charge >= 0.3 is 12.1 Å². The Hall–Kier alpha value is -3.97. The van der Waals surface area contributed by atoms with Gasteiger partial charge in [0.05, 0.1) is 16.2 Å². The average Bonchev–Trinajstić information content (AvgIpc) is 3.41. The lowest BCUT2D eigenvalue weighted by atomic mass is 9.89. The molecule has 0 spiro atoms. The maximum atomic E-state index is 13.0. The number of hydrogen-bond acceptors (Lipinski definition) is 11. The monoisotopic (exact) mass is 558 g/mol. The summed E-state index contributed by atoms with van der Waals surface area (Å²) in [7, 11) is 0.